The Kier molecular flexibility index (Phi) is 8.52. The molecule has 7 nitrogen and oxygen atoms in total. The van der Waals surface area contributed by atoms with Crippen molar-refractivity contribution < 1.29 is 14.3 Å². The topological polar surface area (TPSA) is 75.2 Å². The van der Waals surface area contributed by atoms with Crippen LogP contribution in [0.3, 0.4) is 0 Å². The Hall–Kier alpha value is -2.28. The van der Waals surface area contributed by atoms with Gasteiger partial charge in [-0.15, -0.1) is 0 Å². The van der Waals surface area contributed by atoms with Crippen molar-refractivity contribution in [2.24, 2.45) is 4.99 Å². The third-order valence-electron chi connectivity index (χ3n) is 3.08. The molecule has 0 bridgehead atoms. The van der Waals surface area contributed by atoms with E-state index in [0.717, 1.165) is 11.3 Å². The van der Waals surface area contributed by atoms with Gasteiger partial charge in [-0.05, 0) is 17.7 Å². The Bertz CT molecular complexity index is 501. The molecule has 0 aliphatic carbocycles. The lowest BCUT2D eigenvalue weighted by Gasteiger charge is -2.14. The highest BCUT2D eigenvalue weighted by atomic mass is 16.5. The molecule has 0 aliphatic heterocycles. The van der Waals surface area contributed by atoms with Crippen molar-refractivity contribution in [1.82, 2.24) is 15.5 Å². The molecule has 0 unspecified atom stereocenters. The number of benzene rings is 1. The quantitative estimate of drug-likeness (QED) is 0.413. The maximum Gasteiger partial charge on any atom is 0.241 e. The summed E-state index contributed by atoms with van der Waals surface area (Å²) in [7, 11) is 6.71. The van der Waals surface area contributed by atoms with Gasteiger partial charge in [-0.2, -0.15) is 0 Å². The van der Waals surface area contributed by atoms with Crippen LogP contribution in [0.4, 0.5) is 0 Å². The molecule has 1 aromatic rings. The number of hydrogen-bond donors (Lipinski definition) is 2. The van der Waals surface area contributed by atoms with Crippen LogP contribution in [0.15, 0.2) is 29.3 Å². The Morgan fingerprint density at radius 2 is 1.87 bits per heavy atom. The lowest BCUT2D eigenvalue weighted by atomic mass is 10.2. The van der Waals surface area contributed by atoms with E-state index in [0.29, 0.717) is 25.7 Å². The molecule has 0 saturated carbocycles. The van der Waals surface area contributed by atoms with Gasteiger partial charge in [0.15, 0.2) is 5.96 Å². The lowest BCUT2D eigenvalue weighted by molar-refractivity contribution is -0.127. The normalized spacial score (nSPS) is 11.0. The van der Waals surface area contributed by atoms with Crippen LogP contribution in [0, 0.1) is 0 Å². The van der Waals surface area contributed by atoms with Gasteiger partial charge in [0.2, 0.25) is 5.91 Å². The van der Waals surface area contributed by atoms with Crippen molar-refractivity contribution in [2.45, 2.75) is 6.54 Å². The van der Waals surface area contributed by atoms with Crippen LogP contribution in [-0.4, -0.2) is 64.8 Å². The predicted octanol–water partition coefficient (Wildman–Crippen LogP) is 0.465. The fourth-order valence-electron chi connectivity index (χ4n) is 1.66. The van der Waals surface area contributed by atoms with Gasteiger partial charge in [0.1, 0.15) is 5.75 Å². The molecular weight excluding hydrogens is 296 g/mol. The number of likely N-dealkylation sites (N-methyl/N-ethyl adjacent to an activating group) is 1. The number of ether oxygens (including phenoxy) is 2. The maximum absolute atomic E-state index is 11.7. The van der Waals surface area contributed by atoms with E-state index >= 15 is 0 Å². The summed E-state index contributed by atoms with van der Waals surface area (Å²) in [5, 5.41) is 6.15. The van der Waals surface area contributed by atoms with Gasteiger partial charge >= 0.3 is 0 Å². The highest BCUT2D eigenvalue weighted by molar-refractivity contribution is 5.86. The fourth-order valence-corrected chi connectivity index (χ4v) is 1.66. The highest BCUT2D eigenvalue weighted by Crippen LogP contribution is 2.11. The van der Waals surface area contributed by atoms with Gasteiger partial charge in [0.05, 0.1) is 26.8 Å². The van der Waals surface area contributed by atoms with Crippen molar-refractivity contribution in [1.29, 1.82) is 0 Å². The number of amides is 1. The minimum absolute atomic E-state index is 0.0179. The number of guanidine groups is 1. The number of nitrogens with zero attached hydrogens (tertiary/aromatic N) is 2. The van der Waals surface area contributed by atoms with E-state index in [1.54, 1.807) is 28.3 Å². The van der Waals surface area contributed by atoms with Gasteiger partial charge in [-0.1, -0.05) is 12.1 Å². The summed E-state index contributed by atoms with van der Waals surface area (Å²) in [6.45, 7) is 1.86. The second kappa shape index (κ2) is 10.4. The molecule has 0 heterocycles. The first-order valence-electron chi connectivity index (χ1n) is 7.41. The van der Waals surface area contributed by atoms with E-state index in [2.05, 4.69) is 15.6 Å². The van der Waals surface area contributed by atoms with E-state index in [4.69, 9.17) is 9.47 Å². The average Bonchev–Trinajstić information content (AvgIpc) is 2.57. The van der Waals surface area contributed by atoms with E-state index in [1.165, 1.54) is 4.90 Å². The van der Waals surface area contributed by atoms with Gasteiger partial charge in [-0.25, -0.2) is 4.99 Å². The second-order valence-electron chi connectivity index (χ2n) is 5.07. The number of methoxy groups -OCH3 is 2. The zero-order valence-electron chi connectivity index (χ0n) is 14.3. The zero-order valence-corrected chi connectivity index (χ0v) is 14.3. The molecule has 0 saturated heterocycles. The molecule has 2 N–H and O–H groups in total. The Balaban J connectivity index is 2.62. The Morgan fingerprint density at radius 1 is 1.17 bits per heavy atom. The van der Waals surface area contributed by atoms with E-state index in [-0.39, 0.29) is 12.5 Å². The third kappa shape index (κ3) is 7.51. The van der Waals surface area contributed by atoms with Gasteiger partial charge in [0.25, 0.3) is 0 Å². The van der Waals surface area contributed by atoms with Crippen LogP contribution in [-0.2, 0) is 16.1 Å². The number of nitrogens with one attached hydrogen (secondary N) is 2. The standard InChI is InChI=1S/C16H26N4O3/c1-20(2)15(21)12-19-16(17-9-10-22-3)18-11-13-5-7-14(23-4)8-6-13/h5-8H,9-12H2,1-4H3,(H2,17,18,19). The predicted molar refractivity (Wildman–Crippen MR) is 90.7 cm³/mol. The van der Waals surface area contributed by atoms with Gasteiger partial charge in [-0.3, -0.25) is 4.79 Å². The molecule has 0 spiro atoms. The average molecular weight is 322 g/mol. The summed E-state index contributed by atoms with van der Waals surface area (Å²) in [5.74, 6) is 1.37. The molecule has 0 atom stereocenters. The minimum Gasteiger partial charge on any atom is -0.497 e. The number of carbonyl (C=O) groups is 1. The van der Waals surface area contributed by atoms with Crippen LogP contribution in [0.1, 0.15) is 5.56 Å². The number of hydrogen-bond acceptors (Lipinski definition) is 4. The second-order valence-corrected chi connectivity index (χ2v) is 5.07. The summed E-state index contributed by atoms with van der Waals surface area (Å²) in [5.41, 5.74) is 1.05. The highest BCUT2D eigenvalue weighted by Gasteiger charge is 2.05. The first-order valence-corrected chi connectivity index (χ1v) is 7.41. The van der Waals surface area contributed by atoms with Crippen molar-refractivity contribution in [3.8, 4) is 5.75 Å². The monoisotopic (exact) mass is 322 g/mol. The molecule has 0 radical (unpaired) electrons. The maximum atomic E-state index is 11.7. The number of carbonyl (C=O) groups excluding carboxylic acids is 1. The van der Waals surface area contributed by atoms with E-state index in [9.17, 15) is 4.79 Å². The lowest BCUT2D eigenvalue weighted by Crippen LogP contribution is -2.43. The molecule has 1 amide bonds. The van der Waals surface area contributed by atoms with E-state index < -0.39 is 0 Å². The minimum atomic E-state index is -0.0179. The third-order valence-corrected chi connectivity index (χ3v) is 3.08. The van der Waals surface area contributed by atoms with Gasteiger partial charge in [0, 0.05) is 27.7 Å². The van der Waals surface area contributed by atoms with Crippen LogP contribution in [0.2, 0.25) is 0 Å². The molecule has 128 valence electrons. The number of rotatable bonds is 8. The SMILES string of the molecule is COCCNC(=NCc1ccc(OC)cc1)NCC(=O)N(C)C. The van der Waals surface area contributed by atoms with Crippen LogP contribution < -0.4 is 15.4 Å². The van der Waals surface area contributed by atoms with Crippen molar-refractivity contribution in [2.75, 3.05) is 48.0 Å². The Labute approximate surface area is 137 Å². The summed E-state index contributed by atoms with van der Waals surface area (Å²) < 4.78 is 10.1. The van der Waals surface area contributed by atoms with Crippen LogP contribution in [0.5, 0.6) is 5.75 Å². The van der Waals surface area contributed by atoms with Crippen LogP contribution in [0.25, 0.3) is 0 Å². The van der Waals surface area contributed by atoms with Gasteiger partial charge < -0.3 is 25.0 Å². The number of aliphatic imine (C=N–C) groups is 1. The first-order chi connectivity index (χ1) is 11.1. The fraction of sp³-hybridized carbons (Fsp3) is 0.500. The van der Waals surface area contributed by atoms with Crippen molar-refractivity contribution in [3.05, 3.63) is 29.8 Å². The molecule has 1 aromatic carbocycles. The molecule has 1 rings (SSSR count). The molecule has 0 aromatic heterocycles. The molecule has 23 heavy (non-hydrogen) atoms. The van der Waals surface area contributed by atoms with Crippen LogP contribution >= 0.6 is 0 Å². The summed E-state index contributed by atoms with van der Waals surface area (Å²) in [4.78, 5) is 17.7. The summed E-state index contributed by atoms with van der Waals surface area (Å²) >= 11 is 0. The Morgan fingerprint density at radius 3 is 2.43 bits per heavy atom. The molecular formula is C16H26N4O3. The van der Waals surface area contributed by atoms with Crippen molar-refractivity contribution >= 4 is 11.9 Å². The smallest absolute Gasteiger partial charge is 0.241 e. The molecule has 7 heteroatoms. The molecule has 0 aliphatic rings. The zero-order chi connectivity index (χ0) is 17.1. The van der Waals surface area contributed by atoms with Crippen molar-refractivity contribution in [3.63, 3.8) is 0 Å². The molecule has 0 fully saturated rings. The summed E-state index contributed by atoms with van der Waals surface area (Å²) in [6, 6.07) is 7.71. The first kappa shape index (κ1) is 18.8. The summed E-state index contributed by atoms with van der Waals surface area (Å²) in [6.07, 6.45) is 0. The van der Waals surface area contributed by atoms with E-state index in [1.807, 2.05) is 24.3 Å². The largest absolute Gasteiger partial charge is 0.497 e.